The Labute approximate surface area is 109 Å². The molecule has 4 nitrogen and oxygen atoms in total. The van der Waals surface area contributed by atoms with Gasteiger partial charge in [0.15, 0.2) is 0 Å². The highest BCUT2D eigenvalue weighted by Gasteiger charge is 2.26. The van der Waals surface area contributed by atoms with E-state index in [2.05, 4.69) is 15.7 Å². The lowest BCUT2D eigenvalue weighted by molar-refractivity contribution is -0.120. The normalized spacial score (nSPS) is 14.7. The largest absolute Gasteiger partial charge is 0.467 e. The summed E-state index contributed by atoms with van der Waals surface area (Å²) in [5.41, 5.74) is 1.16. The van der Waals surface area contributed by atoms with Crippen molar-refractivity contribution in [3.05, 3.63) is 40.2 Å². The summed E-state index contributed by atoms with van der Waals surface area (Å²) < 4.78 is 5.15. The molecule has 1 fully saturated rings. The van der Waals surface area contributed by atoms with Gasteiger partial charge in [0.05, 0.1) is 24.9 Å². The predicted molar refractivity (Wildman–Crippen MR) is 68.3 cm³/mol. The Morgan fingerprint density at radius 2 is 2.44 bits per heavy atom. The van der Waals surface area contributed by atoms with Crippen molar-refractivity contribution in [3.63, 3.8) is 0 Å². The van der Waals surface area contributed by atoms with Gasteiger partial charge in [0, 0.05) is 11.3 Å². The smallest absolute Gasteiger partial charge is 0.227 e. The highest BCUT2D eigenvalue weighted by molar-refractivity contribution is 7.09. The average Bonchev–Trinajstić information content (AvgIpc) is 2.90. The minimum absolute atomic E-state index is 0.0110. The average molecular weight is 262 g/mol. The van der Waals surface area contributed by atoms with Crippen LogP contribution in [0.15, 0.2) is 28.2 Å². The number of amides is 1. The van der Waals surface area contributed by atoms with Crippen molar-refractivity contribution in [3.8, 4) is 0 Å². The fourth-order valence-electron chi connectivity index (χ4n) is 1.77. The van der Waals surface area contributed by atoms with Crippen LogP contribution in [0.4, 0.5) is 0 Å². The van der Waals surface area contributed by atoms with E-state index in [9.17, 15) is 4.79 Å². The summed E-state index contributed by atoms with van der Waals surface area (Å²) in [6.07, 6.45) is 4.45. The van der Waals surface area contributed by atoms with Crippen LogP contribution in [-0.2, 0) is 17.8 Å². The van der Waals surface area contributed by atoms with Crippen molar-refractivity contribution < 1.29 is 9.21 Å². The van der Waals surface area contributed by atoms with Gasteiger partial charge in [-0.3, -0.25) is 4.79 Å². The van der Waals surface area contributed by atoms with E-state index in [-0.39, 0.29) is 5.91 Å². The second kappa shape index (κ2) is 4.94. The third-order valence-electron chi connectivity index (χ3n) is 2.92. The van der Waals surface area contributed by atoms with E-state index in [1.807, 2.05) is 12.1 Å². The van der Waals surface area contributed by atoms with Crippen LogP contribution in [0.1, 0.15) is 35.2 Å². The van der Waals surface area contributed by atoms with E-state index < -0.39 is 0 Å². The molecule has 1 amide bonds. The van der Waals surface area contributed by atoms with E-state index in [0.29, 0.717) is 18.9 Å². The SMILES string of the molecule is O=C(Cc1nc(C2CC2)cs1)NCc1ccco1. The maximum atomic E-state index is 11.7. The molecule has 1 aliphatic carbocycles. The Morgan fingerprint density at radius 1 is 1.56 bits per heavy atom. The lowest BCUT2D eigenvalue weighted by Gasteiger charge is -2.00. The molecule has 3 rings (SSSR count). The first-order valence-electron chi connectivity index (χ1n) is 6.04. The third kappa shape index (κ3) is 2.79. The minimum atomic E-state index is -0.0110. The molecule has 1 N–H and O–H groups in total. The van der Waals surface area contributed by atoms with Crippen LogP contribution < -0.4 is 5.32 Å². The Bertz CT molecular complexity index is 529. The van der Waals surface area contributed by atoms with Gasteiger partial charge in [-0.1, -0.05) is 0 Å². The zero-order valence-corrected chi connectivity index (χ0v) is 10.7. The van der Waals surface area contributed by atoms with Crippen LogP contribution in [0.3, 0.4) is 0 Å². The summed E-state index contributed by atoms with van der Waals surface area (Å²) >= 11 is 1.57. The molecule has 2 heterocycles. The van der Waals surface area contributed by atoms with Crippen LogP contribution in [0, 0.1) is 0 Å². The molecular weight excluding hydrogens is 248 g/mol. The molecule has 1 aliphatic rings. The van der Waals surface area contributed by atoms with Gasteiger partial charge in [0.1, 0.15) is 10.8 Å². The summed E-state index contributed by atoms with van der Waals surface area (Å²) in [4.78, 5) is 16.2. The molecular formula is C13H14N2O2S. The molecule has 94 valence electrons. The van der Waals surface area contributed by atoms with Crippen molar-refractivity contribution in [2.75, 3.05) is 0 Å². The summed E-state index contributed by atoms with van der Waals surface area (Å²) in [5.74, 6) is 1.41. The Balaban J connectivity index is 1.50. The number of furan rings is 1. The second-order valence-electron chi connectivity index (χ2n) is 4.47. The van der Waals surface area contributed by atoms with Crippen LogP contribution in [0.5, 0.6) is 0 Å². The summed E-state index contributed by atoms with van der Waals surface area (Å²) in [6.45, 7) is 0.437. The van der Waals surface area contributed by atoms with Gasteiger partial charge in [0.25, 0.3) is 0 Å². The molecule has 0 atom stereocenters. The van der Waals surface area contributed by atoms with Gasteiger partial charge in [-0.05, 0) is 25.0 Å². The number of aromatic nitrogens is 1. The van der Waals surface area contributed by atoms with Crippen molar-refractivity contribution in [1.29, 1.82) is 0 Å². The van der Waals surface area contributed by atoms with E-state index >= 15 is 0 Å². The molecule has 2 aromatic rings. The molecule has 0 saturated heterocycles. The second-order valence-corrected chi connectivity index (χ2v) is 5.42. The maximum absolute atomic E-state index is 11.7. The van der Waals surface area contributed by atoms with E-state index in [1.54, 1.807) is 17.6 Å². The van der Waals surface area contributed by atoms with E-state index in [1.165, 1.54) is 12.8 Å². The molecule has 2 aromatic heterocycles. The first kappa shape index (κ1) is 11.5. The van der Waals surface area contributed by atoms with Gasteiger partial charge in [-0.15, -0.1) is 11.3 Å². The summed E-state index contributed by atoms with van der Waals surface area (Å²) in [7, 11) is 0. The molecule has 0 aliphatic heterocycles. The number of nitrogens with one attached hydrogen (secondary N) is 1. The number of carbonyl (C=O) groups is 1. The van der Waals surface area contributed by atoms with E-state index in [0.717, 1.165) is 16.5 Å². The van der Waals surface area contributed by atoms with Gasteiger partial charge in [-0.25, -0.2) is 4.98 Å². The van der Waals surface area contributed by atoms with Crippen molar-refractivity contribution in [2.24, 2.45) is 0 Å². The highest BCUT2D eigenvalue weighted by atomic mass is 32.1. The third-order valence-corrected chi connectivity index (χ3v) is 3.78. The number of hydrogen-bond donors (Lipinski definition) is 1. The fraction of sp³-hybridized carbons (Fsp3) is 0.385. The molecule has 5 heteroatoms. The molecule has 0 aromatic carbocycles. The van der Waals surface area contributed by atoms with Crippen LogP contribution in [0.2, 0.25) is 0 Å². The molecule has 0 radical (unpaired) electrons. The van der Waals surface area contributed by atoms with Gasteiger partial charge in [-0.2, -0.15) is 0 Å². The Morgan fingerprint density at radius 3 is 3.17 bits per heavy atom. The number of carbonyl (C=O) groups excluding carboxylic acids is 1. The number of nitrogens with zero attached hydrogens (tertiary/aromatic N) is 1. The lowest BCUT2D eigenvalue weighted by atomic mass is 10.3. The van der Waals surface area contributed by atoms with E-state index in [4.69, 9.17) is 4.42 Å². The van der Waals surface area contributed by atoms with Crippen molar-refractivity contribution in [2.45, 2.75) is 31.7 Å². The molecule has 0 unspecified atom stereocenters. The Kier molecular flexibility index (Phi) is 3.15. The topological polar surface area (TPSA) is 55.1 Å². The van der Waals surface area contributed by atoms with Crippen LogP contribution in [-0.4, -0.2) is 10.9 Å². The fourth-order valence-corrected chi connectivity index (χ4v) is 2.65. The maximum Gasteiger partial charge on any atom is 0.227 e. The summed E-state index contributed by atoms with van der Waals surface area (Å²) in [5, 5.41) is 5.79. The van der Waals surface area contributed by atoms with Gasteiger partial charge >= 0.3 is 0 Å². The standard InChI is InChI=1S/C13H14N2O2S/c16-12(14-7-10-2-1-5-17-10)6-13-15-11(8-18-13)9-3-4-9/h1-2,5,8-9H,3-4,6-7H2,(H,14,16). The quantitative estimate of drug-likeness (QED) is 0.900. The lowest BCUT2D eigenvalue weighted by Crippen LogP contribution is -2.24. The molecule has 1 saturated carbocycles. The minimum Gasteiger partial charge on any atom is -0.467 e. The Hall–Kier alpha value is -1.62. The number of hydrogen-bond acceptors (Lipinski definition) is 4. The zero-order valence-electron chi connectivity index (χ0n) is 9.89. The molecule has 0 bridgehead atoms. The number of rotatable bonds is 5. The zero-order chi connectivity index (χ0) is 12.4. The highest BCUT2D eigenvalue weighted by Crippen LogP contribution is 2.40. The molecule has 0 spiro atoms. The number of thiazole rings is 1. The monoisotopic (exact) mass is 262 g/mol. The van der Waals surface area contributed by atoms with Crippen molar-refractivity contribution >= 4 is 17.2 Å². The summed E-state index contributed by atoms with van der Waals surface area (Å²) in [6, 6.07) is 3.65. The van der Waals surface area contributed by atoms with Gasteiger partial charge < -0.3 is 9.73 Å². The first-order chi connectivity index (χ1) is 8.81. The van der Waals surface area contributed by atoms with Crippen molar-refractivity contribution in [1.82, 2.24) is 10.3 Å². The first-order valence-corrected chi connectivity index (χ1v) is 6.92. The van der Waals surface area contributed by atoms with Crippen LogP contribution >= 0.6 is 11.3 Å². The molecule has 18 heavy (non-hydrogen) atoms. The van der Waals surface area contributed by atoms with Gasteiger partial charge in [0.2, 0.25) is 5.91 Å². The predicted octanol–water partition coefficient (Wildman–Crippen LogP) is 2.47. The van der Waals surface area contributed by atoms with Crippen LogP contribution in [0.25, 0.3) is 0 Å².